The van der Waals surface area contributed by atoms with Crippen LogP contribution in [-0.2, 0) is 0 Å². The predicted octanol–water partition coefficient (Wildman–Crippen LogP) is 2.35. The van der Waals surface area contributed by atoms with Crippen LogP contribution in [0.3, 0.4) is 0 Å². The van der Waals surface area contributed by atoms with E-state index in [0.29, 0.717) is 0 Å². The molecule has 2 rings (SSSR count). The quantitative estimate of drug-likeness (QED) is 0.780. The van der Waals surface area contributed by atoms with Crippen molar-refractivity contribution >= 4 is 6.08 Å². The summed E-state index contributed by atoms with van der Waals surface area (Å²) in [6, 6.07) is 3.92. The van der Waals surface area contributed by atoms with Gasteiger partial charge in [-0.05, 0) is 28.8 Å². The van der Waals surface area contributed by atoms with Crippen molar-refractivity contribution in [1.82, 2.24) is 9.97 Å². The first kappa shape index (κ1) is 11.7. The molecule has 2 aromatic heterocycles. The fraction of sp³-hybridized carbons (Fsp3) is 0. The van der Waals surface area contributed by atoms with Crippen molar-refractivity contribution in [3.63, 3.8) is 0 Å². The minimum Gasteiger partial charge on any atom is -0.669 e. The molecule has 0 spiro atoms. The maximum absolute atomic E-state index is 4.08. The van der Waals surface area contributed by atoms with E-state index in [1.807, 2.05) is 30.6 Å². The molecule has 14 heavy (non-hydrogen) atoms. The van der Waals surface area contributed by atoms with Crippen LogP contribution in [0.1, 0.15) is 5.56 Å². The number of aromatic nitrogens is 2. The fourth-order valence-electron chi connectivity index (χ4n) is 1.27. The molecule has 0 atom stereocenters. The van der Waals surface area contributed by atoms with E-state index in [9.17, 15) is 0 Å². The van der Waals surface area contributed by atoms with Crippen molar-refractivity contribution in [2.24, 2.45) is 0 Å². The van der Waals surface area contributed by atoms with Crippen LogP contribution in [0.25, 0.3) is 17.2 Å². The molecule has 2 nitrogen and oxygen atoms in total. The number of nitrogens with zero attached hydrogens (tertiary/aromatic N) is 2. The van der Waals surface area contributed by atoms with Gasteiger partial charge in [0.05, 0.1) is 0 Å². The van der Waals surface area contributed by atoms with Gasteiger partial charge >= 0.3 is 0 Å². The van der Waals surface area contributed by atoms with Gasteiger partial charge in [-0.25, -0.2) is 0 Å². The van der Waals surface area contributed by atoms with E-state index in [0.717, 1.165) is 16.7 Å². The number of hydrogen-bond donors (Lipinski definition) is 0. The van der Waals surface area contributed by atoms with Crippen molar-refractivity contribution in [2.75, 3.05) is 0 Å². The summed E-state index contributed by atoms with van der Waals surface area (Å²) >= 11 is 0. The smallest absolute Gasteiger partial charge is 0.0273 e. The molecule has 0 fully saturated rings. The molecule has 0 unspecified atom stereocenters. The molecule has 0 aliphatic carbocycles. The molecule has 0 aliphatic rings. The molecule has 2 aromatic rings. The van der Waals surface area contributed by atoms with Gasteiger partial charge < -0.3 is 4.98 Å². The minimum atomic E-state index is 0. The molecule has 0 aromatic carbocycles. The Labute approximate surface area is 119 Å². The summed E-state index contributed by atoms with van der Waals surface area (Å²) in [6.45, 7) is 3.73. The second-order valence-electron chi connectivity index (χ2n) is 2.72. The average Bonchev–Trinajstić information content (AvgIpc) is 2.67. The van der Waals surface area contributed by atoms with Gasteiger partial charge in [-0.2, -0.15) is 12.4 Å². The summed E-state index contributed by atoms with van der Waals surface area (Å²) in [5.41, 5.74) is 3.30. The zero-order chi connectivity index (χ0) is 9.10. The van der Waals surface area contributed by atoms with Gasteiger partial charge in [-0.1, -0.05) is 12.7 Å². The molecular weight excluding hydrogens is 387 g/mol. The second kappa shape index (κ2) is 5.48. The minimum absolute atomic E-state index is 0. The topological polar surface area (TPSA) is 27.0 Å². The molecule has 2 heterocycles. The van der Waals surface area contributed by atoms with E-state index in [1.54, 1.807) is 12.4 Å². The van der Waals surface area contributed by atoms with E-state index in [-0.39, 0.29) is 44.1 Å². The first-order chi connectivity index (χ1) is 6.42. The molecule has 0 saturated heterocycles. The monoisotopic (exact) mass is 396 g/mol. The molecule has 0 aliphatic heterocycles. The van der Waals surface area contributed by atoms with Crippen LogP contribution in [0.4, 0.5) is 0 Å². The third-order valence-corrected chi connectivity index (χ3v) is 1.94. The van der Waals surface area contributed by atoms with Gasteiger partial charge in [0.2, 0.25) is 0 Å². The van der Waals surface area contributed by atoms with Crippen molar-refractivity contribution in [2.45, 2.75) is 0 Å². The zero-order valence-corrected chi connectivity index (χ0v) is 12.5. The van der Waals surface area contributed by atoms with Crippen LogP contribution < -0.4 is 4.98 Å². The summed E-state index contributed by atoms with van der Waals surface area (Å²) in [7, 11) is 0. The van der Waals surface area contributed by atoms with Crippen LogP contribution in [0.5, 0.6) is 0 Å². The molecule has 0 amide bonds. The van der Waals surface area contributed by atoms with E-state index in [1.165, 1.54) is 0 Å². The standard InChI is InChI=1S/C11H9N2.Ac/c1-2-9-7-13-8-11(9)10-3-5-12-6-4-10;/h2-8H,1H2;/q-1;. The third kappa shape index (κ3) is 2.35. The van der Waals surface area contributed by atoms with Gasteiger partial charge in [-0.15, -0.1) is 0 Å². The Kier molecular flexibility index (Phi) is 4.58. The molecule has 0 saturated carbocycles. The Morgan fingerprint density at radius 1 is 1.21 bits per heavy atom. The fourth-order valence-corrected chi connectivity index (χ4v) is 1.27. The normalized spacial score (nSPS) is 9.14. The van der Waals surface area contributed by atoms with Gasteiger partial charge in [0.15, 0.2) is 0 Å². The Balaban J connectivity index is 0.000000980. The van der Waals surface area contributed by atoms with Crippen molar-refractivity contribution in [3.05, 3.63) is 49.1 Å². The van der Waals surface area contributed by atoms with Gasteiger partial charge in [0.25, 0.3) is 0 Å². The number of rotatable bonds is 2. The molecule has 3 heteroatoms. The Morgan fingerprint density at radius 2 is 1.93 bits per heavy atom. The Hall–Kier alpha value is -0.388. The zero-order valence-electron chi connectivity index (χ0n) is 7.72. The summed E-state index contributed by atoms with van der Waals surface area (Å²) in [4.78, 5) is 8.04. The van der Waals surface area contributed by atoms with E-state index in [4.69, 9.17) is 0 Å². The van der Waals surface area contributed by atoms with Crippen molar-refractivity contribution < 1.29 is 44.1 Å². The predicted molar refractivity (Wildman–Crippen MR) is 53.1 cm³/mol. The maximum Gasteiger partial charge on any atom is 0.0273 e. The van der Waals surface area contributed by atoms with Gasteiger partial charge in [0.1, 0.15) is 0 Å². The number of hydrogen-bond acceptors (Lipinski definition) is 1. The van der Waals surface area contributed by atoms with E-state index in [2.05, 4.69) is 16.5 Å². The summed E-state index contributed by atoms with van der Waals surface area (Å²) in [5.74, 6) is 0. The molecule has 67 valence electrons. The second-order valence-corrected chi connectivity index (χ2v) is 2.72. The first-order valence-corrected chi connectivity index (χ1v) is 4.05. The van der Waals surface area contributed by atoms with Crippen LogP contribution >= 0.6 is 0 Å². The largest absolute Gasteiger partial charge is 0.669 e. The number of pyridine rings is 1. The summed E-state index contributed by atoms with van der Waals surface area (Å²) < 4.78 is 0. The Morgan fingerprint density at radius 3 is 2.57 bits per heavy atom. The van der Waals surface area contributed by atoms with Crippen LogP contribution in [0, 0.1) is 44.1 Å². The maximum atomic E-state index is 4.08. The van der Waals surface area contributed by atoms with E-state index >= 15 is 0 Å². The molecule has 0 N–H and O–H groups in total. The first-order valence-electron chi connectivity index (χ1n) is 4.05. The van der Waals surface area contributed by atoms with Crippen LogP contribution in [0.15, 0.2) is 43.5 Å². The molecule has 1 radical (unpaired) electrons. The SMILES string of the molecule is C=Cc1c[n-]cc1-c1ccncc1.[Ac]. The Bertz CT molecular complexity index is 406. The van der Waals surface area contributed by atoms with Crippen molar-refractivity contribution in [1.29, 1.82) is 0 Å². The van der Waals surface area contributed by atoms with Crippen LogP contribution in [-0.4, -0.2) is 4.98 Å². The molecule has 0 bridgehead atoms. The average molecular weight is 396 g/mol. The van der Waals surface area contributed by atoms with Gasteiger partial charge in [0, 0.05) is 56.5 Å². The molecular formula is C11H9AcN2-. The van der Waals surface area contributed by atoms with Crippen LogP contribution in [0.2, 0.25) is 0 Å². The van der Waals surface area contributed by atoms with Crippen molar-refractivity contribution in [3.8, 4) is 11.1 Å². The third-order valence-electron chi connectivity index (χ3n) is 1.94. The van der Waals surface area contributed by atoms with Gasteiger partial charge in [-0.3, -0.25) is 4.98 Å². The summed E-state index contributed by atoms with van der Waals surface area (Å²) in [6.07, 6.45) is 9.00. The summed E-state index contributed by atoms with van der Waals surface area (Å²) in [5, 5.41) is 0. The van der Waals surface area contributed by atoms with E-state index < -0.39 is 0 Å².